The molecule has 1 saturated heterocycles. The molecule has 1 saturated carbocycles. The average molecular weight is 559 g/mol. The van der Waals surface area contributed by atoms with E-state index in [1.165, 1.54) is 34.6 Å². The lowest BCUT2D eigenvalue weighted by molar-refractivity contribution is -0.132. The monoisotopic (exact) mass is 558 g/mol. The zero-order chi connectivity index (χ0) is 26.8. The highest BCUT2D eigenvalue weighted by Gasteiger charge is 2.47. The van der Waals surface area contributed by atoms with E-state index in [0.717, 1.165) is 11.0 Å². The Morgan fingerprint density at radius 3 is 2.46 bits per heavy atom. The van der Waals surface area contributed by atoms with Gasteiger partial charge in [0.15, 0.2) is 0 Å². The second-order valence-electron chi connectivity index (χ2n) is 9.04. The molecular formula is C24H26ClF3N4O4S. The molecule has 0 aromatic heterocycles. The van der Waals surface area contributed by atoms with Crippen LogP contribution < -0.4 is 14.9 Å². The molecule has 1 aliphatic heterocycles. The fraction of sp³-hybridized carbons (Fsp3) is 0.417. The van der Waals surface area contributed by atoms with E-state index in [2.05, 4.69) is 10.0 Å². The summed E-state index contributed by atoms with van der Waals surface area (Å²) in [6, 6.07) is 9.18. The molecule has 2 aromatic carbocycles. The topological polar surface area (TPSA) is 98.6 Å². The smallest absolute Gasteiger partial charge is 0.279 e. The Balaban J connectivity index is 1.60. The van der Waals surface area contributed by atoms with Crippen LogP contribution in [-0.4, -0.2) is 56.1 Å². The molecule has 37 heavy (non-hydrogen) atoms. The summed E-state index contributed by atoms with van der Waals surface area (Å²) in [7, 11) is -3.59. The minimum absolute atomic E-state index is 0.0261. The molecule has 1 aliphatic carbocycles. The van der Waals surface area contributed by atoms with Gasteiger partial charge in [0, 0.05) is 61.2 Å². The van der Waals surface area contributed by atoms with Crippen molar-refractivity contribution in [2.75, 3.05) is 24.5 Å². The summed E-state index contributed by atoms with van der Waals surface area (Å²) in [4.78, 5) is 28.0. The number of benzene rings is 2. The summed E-state index contributed by atoms with van der Waals surface area (Å²) >= 11 is 6.38. The number of carbonyl (C=O) groups excluding carboxylic acids is 2. The van der Waals surface area contributed by atoms with Crippen LogP contribution >= 0.6 is 11.6 Å². The highest BCUT2D eigenvalue weighted by atomic mass is 35.5. The number of hydrogen-bond acceptors (Lipinski definition) is 4. The average Bonchev–Trinajstić information content (AvgIpc) is 3.66. The quantitative estimate of drug-likeness (QED) is 0.326. The van der Waals surface area contributed by atoms with Crippen molar-refractivity contribution < 1.29 is 31.2 Å². The van der Waals surface area contributed by atoms with Gasteiger partial charge in [-0.15, -0.1) is 0 Å². The molecule has 0 unspecified atom stereocenters. The Labute approximate surface area is 217 Å². The third-order valence-corrected chi connectivity index (χ3v) is 8.05. The lowest BCUT2D eigenvalue weighted by Crippen LogP contribution is -2.54. The lowest BCUT2D eigenvalue weighted by atomic mass is 9.87. The number of hydrogen-bond donors (Lipinski definition) is 2. The molecule has 0 radical (unpaired) electrons. The number of anilines is 1. The fourth-order valence-electron chi connectivity index (χ4n) is 4.13. The van der Waals surface area contributed by atoms with Crippen LogP contribution in [-0.2, 0) is 19.8 Å². The van der Waals surface area contributed by atoms with Crippen molar-refractivity contribution in [3.8, 4) is 0 Å². The van der Waals surface area contributed by atoms with Crippen LogP contribution in [0.4, 0.5) is 18.9 Å². The molecule has 2 fully saturated rings. The third-order valence-electron chi connectivity index (χ3n) is 6.10. The van der Waals surface area contributed by atoms with Gasteiger partial charge in [0.1, 0.15) is 11.9 Å². The first kappa shape index (κ1) is 27.4. The van der Waals surface area contributed by atoms with E-state index in [4.69, 9.17) is 11.6 Å². The lowest BCUT2D eigenvalue weighted by Gasteiger charge is -2.38. The number of nitrogens with one attached hydrogen (secondary N) is 2. The van der Waals surface area contributed by atoms with Gasteiger partial charge in [0.2, 0.25) is 11.8 Å². The summed E-state index contributed by atoms with van der Waals surface area (Å²) in [5.74, 6) is -4.87. The van der Waals surface area contributed by atoms with Gasteiger partial charge in [-0.1, -0.05) is 35.9 Å². The van der Waals surface area contributed by atoms with Crippen LogP contribution in [0.25, 0.3) is 0 Å². The Morgan fingerprint density at radius 2 is 1.84 bits per heavy atom. The number of carbonyl (C=O) groups is 2. The summed E-state index contributed by atoms with van der Waals surface area (Å²) in [6.07, 6.45) is -1.14. The summed E-state index contributed by atoms with van der Waals surface area (Å²) in [5, 5.41) is 2.72. The van der Waals surface area contributed by atoms with Crippen molar-refractivity contribution in [1.82, 2.24) is 14.3 Å². The van der Waals surface area contributed by atoms with E-state index in [1.807, 2.05) is 0 Å². The second kappa shape index (κ2) is 11.0. The van der Waals surface area contributed by atoms with Gasteiger partial charge in [-0.05, 0) is 30.7 Å². The number of alkyl halides is 2. The largest absolute Gasteiger partial charge is 0.351 e. The van der Waals surface area contributed by atoms with E-state index in [9.17, 15) is 31.2 Å². The van der Waals surface area contributed by atoms with Crippen molar-refractivity contribution in [3.05, 3.63) is 64.9 Å². The predicted molar refractivity (Wildman–Crippen MR) is 132 cm³/mol. The Bertz CT molecular complexity index is 1270. The maximum absolute atomic E-state index is 14.2. The normalized spacial score (nSPS) is 18.1. The highest BCUT2D eigenvalue weighted by molar-refractivity contribution is 7.87. The molecule has 0 bridgehead atoms. The van der Waals surface area contributed by atoms with Crippen molar-refractivity contribution in [2.45, 2.75) is 43.7 Å². The Hall–Kier alpha value is -2.67. The van der Waals surface area contributed by atoms with E-state index in [0.29, 0.717) is 13.1 Å². The van der Waals surface area contributed by atoms with Crippen LogP contribution in [0.3, 0.4) is 0 Å². The Kier molecular flexibility index (Phi) is 8.12. The van der Waals surface area contributed by atoms with Gasteiger partial charge in [-0.3, -0.25) is 14.5 Å². The molecule has 0 spiro atoms. The van der Waals surface area contributed by atoms with Crippen LogP contribution in [0.5, 0.6) is 0 Å². The number of halogens is 4. The molecule has 2 N–H and O–H groups in total. The maximum atomic E-state index is 14.2. The first-order chi connectivity index (χ1) is 17.5. The summed E-state index contributed by atoms with van der Waals surface area (Å²) < 4.78 is 68.6. The van der Waals surface area contributed by atoms with Gasteiger partial charge in [-0.25, -0.2) is 17.9 Å². The molecule has 2 aromatic rings. The van der Waals surface area contributed by atoms with Crippen molar-refractivity contribution in [3.63, 3.8) is 0 Å². The highest BCUT2D eigenvalue weighted by Crippen LogP contribution is 2.39. The first-order valence-electron chi connectivity index (χ1n) is 11.7. The first-order valence-corrected chi connectivity index (χ1v) is 13.5. The molecule has 13 heteroatoms. The van der Waals surface area contributed by atoms with E-state index >= 15 is 0 Å². The third kappa shape index (κ3) is 6.81. The standard InChI is InChI=1S/C24H26ClF3N4O4S/c25-20-8-2-1-7-19(20)22(23(34)30-17-14-24(27,28)15-17)32(18-6-3-5-16(26)13-18)21(33)9-4-10-29-37(35,36)31-11-12-31/h1-3,5-8,13,17,22,29H,4,9-12,14-15H2,(H,30,34)/t22-/m1/s1. The number of rotatable bonds is 11. The number of nitrogens with zero attached hydrogens (tertiary/aromatic N) is 2. The van der Waals surface area contributed by atoms with Gasteiger partial charge in [-0.2, -0.15) is 12.7 Å². The predicted octanol–water partition coefficient (Wildman–Crippen LogP) is 3.40. The summed E-state index contributed by atoms with van der Waals surface area (Å²) in [5.41, 5.74) is 0.293. The Morgan fingerprint density at radius 1 is 1.14 bits per heavy atom. The molecule has 4 rings (SSSR count). The molecular weight excluding hydrogens is 533 g/mol. The minimum Gasteiger partial charge on any atom is -0.351 e. The SMILES string of the molecule is O=C(NC1CC(F)(F)C1)[C@@H](c1ccccc1Cl)N(C(=O)CCCNS(=O)(=O)N1CC1)c1cccc(F)c1. The summed E-state index contributed by atoms with van der Waals surface area (Å²) in [6.45, 7) is 0.841. The van der Waals surface area contributed by atoms with E-state index in [1.54, 1.807) is 12.1 Å². The van der Waals surface area contributed by atoms with Gasteiger partial charge >= 0.3 is 0 Å². The van der Waals surface area contributed by atoms with Crippen molar-refractivity contribution in [1.29, 1.82) is 0 Å². The van der Waals surface area contributed by atoms with Gasteiger partial charge < -0.3 is 5.32 Å². The van der Waals surface area contributed by atoms with E-state index in [-0.39, 0.29) is 35.7 Å². The minimum atomic E-state index is -3.59. The van der Waals surface area contributed by atoms with Crippen molar-refractivity contribution in [2.24, 2.45) is 0 Å². The zero-order valence-electron chi connectivity index (χ0n) is 19.7. The van der Waals surface area contributed by atoms with Crippen LogP contribution in [0.1, 0.15) is 37.3 Å². The molecule has 2 aliphatic rings. The number of amides is 2. The second-order valence-corrected chi connectivity index (χ2v) is 11.2. The van der Waals surface area contributed by atoms with Crippen LogP contribution in [0.15, 0.2) is 48.5 Å². The van der Waals surface area contributed by atoms with Gasteiger partial charge in [0.25, 0.3) is 16.1 Å². The zero-order valence-corrected chi connectivity index (χ0v) is 21.2. The van der Waals surface area contributed by atoms with Gasteiger partial charge in [0.05, 0.1) is 0 Å². The molecule has 1 heterocycles. The molecule has 8 nitrogen and oxygen atoms in total. The molecule has 200 valence electrons. The fourth-order valence-corrected chi connectivity index (χ4v) is 5.52. The maximum Gasteiger partial charge on any atom is 0.279 e. The van der Waals surface area contributed by atoms with Crippen LogP contribution in [0, 0.1) is 5.82 Å². The van der Waals surface area contributed by atoms with E-state index < -0.39 is 58.7 Å². The molecule has 2 amide bonds. The molecule has 1 atom stereocenters. The van der Waals surface area contributed by atoms with Crippen molar-refractivity contribution >= 4 is 39.3 Å². The van der Waals surface area contributed by atoms with Crippen LogP contribution in [0.2, 0.25) is 5.02 Å².